The van der Waals surface area contributed by atoms with Crippen LogP contribution in [-0.4, -0.2) is 40.9 Å². The van der Waals surface area contributed by atoms with Gasteiger partial charge in [0.1, 0.15) is 5.54 Å². The van der Waals surface area contributed by atoms with Crippen molar-refractivity contribution in [3.8, 4) is 0 Å². The van der Waals surface area contributed by atoms with Crippen molar-refractivity contribution in [1.29, 1.82) is 0 Å². The second-order valence-electron chi connectivity index (χ2n) is 8.81. The zero-order chi connectivity index (χ0) is 18.1. The Morgan fingerprint density at radius 1 is 1.04 bits per heavy atom. The SMILES string of the molecule is O=C(CCN1C(=O)NC2(CCCC2)C1=O)N[C@@H]1CC[C@@H]2CCCC[C@@H]2C1. The molecule has 1 saturated heterocycles. The normalized spacial score (nSPS) is 33.2. The van der Waals surface area contributed by atoms with Crippen molar-refractivity contribution >= 4 is 17.8 Å². The van der Waals surface area contributed by atoms with Gasteiger partial charge in [-0.25, -0.2) is 4.79 Å². The molecular formula is C20H31N3O3. The van der Waals surface area contributed by atoms with Crippen LogP contribution < -0.4 is 10.6 Å². The minimum atomic E-state index is -0.674. The fourth-order valence-electron chi connectivity index (χ4n) is 5.71. The monoisotopic (exact) mass is 361 g/mol. The van der Waals surface area contributed by atoms with E-state index in [1.807, 2.05) is 0 Å². The van der Waals surface area contributed by atoms with Gasteiger partial charge in [-0.15, -0.1) is 0 Å². The summed E-state index contributed by atoms with van der Waals surface area (Å²) in [5.74, 6) is 1.48. The molecule has 3 saturated carbocycles. The van der Waals surface area contributed by atoms with E-state index in [1.54, 1.807) is 0 Å². The zero-order valence-corrected chi connectivity index (χ0v) is 15.6. The van der Waals surface area contributed by atoms with E-state index < -0.39 is 5.54 Å². The van der Waals surface area contributed by atoms with E-state index in [-0.39, 0.29) is 36.9 Å². The van der Waals surface area contributed by atoms with Crippen LogP contribution in [0.3, 0.4) is 0 Å². The average Bonchev–Trinajstić information content (AvgIpc) is 3.19. The van der Waals surface area contributed by atoms with Crippen LogP contribution >= 0.6 is 0 Å². The van der Waals surface area contributed by atoms with Crippen LogP contribution in [0, 0.1) is 11.8 Å². The molecule has 3 atom stereocenters. The highest BCUT2D eigenvalue weighted by Gasteiger charge is 2.52. The van der Waals surface area contributed by atoms with Gasteiger partial charge >= 0.3 is 6.03 Å². The largest absolute Gasteiger partial charge is 0.353 e. The molecule has 0 aromatic rings. The molecule has 0 aromatic carbocycles. The molecule has 2 N–H and O–H groups in total. The number of amides is 4. The Morgan fingerprint density at radius 3 is 2.54 bits per heavy atom. The molecule has 0 radical (unpaired) electrons. The van der Waals surface area contributed by atoms with E-state index in [9.17, 15) is 14.4 Å². The zero-order valence-electron chi connectivity index (χ0n) is 15.6. The number of rotatable bonds is 4. The van der Waals surface area contributed by atoms with Gasteiger partial charge in [0, 0.05) is 19.0 Å². The lowest BCUT2D eigenvalue weighted by atomic mass is 9.69. The summed E-state index contributed by atoms with van der Waals surface area (Å²) in [6.45, 7) is 0.191. The molecule has 0 bridgehead atoms. The minimum absolute atomic E-state index is 0.0303. The van der Waals surface area contributed by atoms with Gasteiger partial charge in [-0.3, -0.25) is 14.5 Å². The molecule has 1 heterocycles. The summed E-state index contributed by atoms with van der Waals surface area (Å²) < 4.78 is 0. The Morgan fingerprint density at radius 2 is 1.77 bits per heavy atom. The predicted octanol–water partition coefficient (Wildman–Crippen LogP) is 2.72. The number of imide groups is 1. The predicted molar refractivity (Wildman–Crippen MR) is 97.3 cm³/mol. The summed E-state index contributed by atoms with van der Waals surface area (Å²) >= 11 is 0. The molecule has 4 fully saturated rings. The molecule has 0 aromatic heterocycles. The Bertz CT molecular complexity index is 585. The highest BCUT2D eigenvalue weighted by molar-refractivity contribution is 6.07. The lowest BCUT2D eigenvalue weighted by Gasteiger charge is -2.39. The maximum Gasteiger partial charge on any atom is 0.325 e. The molecule has 4 amide bonds. The highest BCUT2D eigenvalue weighted by Crippen LogP contribution is 2.40. The van der Waals surface area contributed by atoms with Gasteiger partial charge < -0.3 is 10.6 Å². The third kappa shape index (κ3) is 3.35. The van der Waals surface area contributed by atoms with Crippen molar-refractivity contribution < 1.29 is 14.4 Å². The summed E-state index contributed by atoms with van der Waals surface area (Å²) in [5.41, 5.74) is -0.674. The number of hydrogen-bond acceptors (Lipinski definition) is 3. The standard InChI is InChI=1S/C20H31N3O3/c24-17(21-16-8-7-14-5-1-2-6-15(14)13-16)9-12-23-18(25)20(22-19(23)26)10-3-4-11-20/h14-16H,1-13H2,(H,21,24)(H,22,26)/t14-,15+,16+/m0/s1. The summed E-state index contributed by atoms with van der Waals surface area (Å²) in [5, 5.41) is 6.03. The van der Waals surface area contributed by atoms with E-state index in [4.69, 9.17) is 0 Å². The van der Waals surface area contributed by atoms with Gasteiger partial charge in [0.15, 0.2) is 0 Å². The number of nitrogens with zero attached hydrogens (tertiary/aromatic N) is 1. The number of hydrogen-bond donors (Lipinski definition) is 2. The van der Waals surface area contributed by atoms with E-state index in [2.05, 4.69) is 10.6 Å². The van der Waals surface area contributed by atoms with Crippen LogP contribution in [0.2, 0.25) is 0 Å². The first-order chi connectivity index (χ1) is 12.6. The maximum atomic E-state index is 12.6. The molecule has 144 valence electrons. The van der Waals surface area contributed by atoms with Gasteiger partial charge in [0.25, 0.3) is 5.91 Å². The average molecular weight is 361 g/mol. The minimum Gasteiger partial charge on any atom is -0.353 e. The van der Waals surface area contributed by atoms with Crippen LogP contribution in [0.1, 0.15) is 77.0 Å². The molecule has 4 aliphatic rings. The molecule has 3 aliphatic carbocycles. The van der Waals surface area contributed by atoms with Crippen molar-refractivity contribution in [1.82, 2.24) is 15.5 Å². The van der Waals surface area contributed by atoms with E-state index in [0.29, 0.717) is 0 Å². The number of carbonyl (C=O) groups is 3. The van der Waals surface area contributed by atoms with E-state index >= 15 is 0 Å². The van der Waals surface area contributed by atoms with Gasteiger partial charge in [-0.2, -0.15) is 0 Å². The number of carbonyl (C=O) groups excluding carboxylic acids is 3. The number of fused-ring (bicyclic) bond motifs is 1. The molecule has 4 rings (SSSR count). The van der Waals surface area contributed by atoms with Gasteiger partial charge in [0.05, 0.1) is 0 Å². The summed E-state index contributed by atoms with van der Waals surface area (Å²) in [6.07, 6.45) is 12.4. The first-order valence-corrected chi connectivity index (χ1v) is 10.5. The molecular weight excluding hydrogens is 330 g/mol. The lowest BCUT2D eigenvalue weighted by molar-refractivity contribution is -0.131. The smallest absolute Gasteiger partial charge is 0.325 e. The van der Waals surface area contributed by atoms with E-state index in [0.717, 1.165) is 50.4 Å². The fraction of sp³-hybridized carbons (Fsp3) is 0.850. The van der Waals surface area contributed by atoms with Crippen molar-refractivity contribution in [2.45, 2.75) is 88.6 Å². The third-order valence-corrected chi connectivity index (χ3v) is 7.17. The second-order valence-corrected chi connectivity index (χ2v) is 8.81. The molecule has 0 unspecified atom stereocenters. The van der Waals surface area contributed by atoms with Gasteiger partial charge in [-0.1, -0.05) is 38.5 Å². The van der Waals surface area contributed by atoms with Gasteiger partial charge in [-0.05, 0) is 43.9 Å². The molecule has 26 heavy (non-hydrogen) atoms. The highest BCUT2D eigenvalue weighted by atomic mass is 16.2. The van der Waals surface area contributed by atoms with Crippen LogP contribution in [0.4, 0.5) is 4.79 Å². The first-order valence-electron chi connectivity index (χ1n) is 10.5. The van der Waals surface area contributed by atoms with Crippen LogP contribution in [0.25, 0.3) is 0 Å². The van der Waals surface area contributed by atoms with Crippen molar-refractivity contribution in [2.24, 2.45) is 11.8 Å². The van der Waals surface area contributed by atoms with Crippen LogP contribution in [0.5, 0.6) is 0 Å². The summed E-state index contributed by atoms with van der Waals surface area (Å²) in [6, 6.07) is -0.0569. The molecule has 1 spiro atoms. The number of urea groups is 1. The Labute approximate surface area is 155 Å². The quantitative estimate of drug-likeness (QED) is 0.756. The topological polar surface area (TPSA) is 78.5 Å². The maximum absolute atomic E-state index is 12.6. The summed E-state index contributed by atoms with van der Waals surface area (Å²) in [4.78, 5) is 38.4. The third-order valence-electron chi connectivity index (χ3n) is 7.17. The van der Waals surface area contributed by atoms with E-state index in [1.165, 1.54) is 37.0 Å². The molecule has 6 heteroatoms. The Balaban J connectivity index is 1.25. The molecule has 6 nitrogen and oxygen atoms in total. The summed E-state index contributed by atoms with van der Waals surface area (Å²) in [7, 11) is 0. The number of nitrogens with one attached hydrogen (secondary N) is 2. The Hall–Kier alpha value is -1.59. The lowest BCUT2D eigenvalue weighted by Crippen LogP contribution is -2.45. The first kappa shape index (κ1) is 17.8. The van der Waals surface area contributed by atoms with Crippen molar-refractivity contribution in [2.75, 3.05) is 6.54 Å². The van der Waals surface area contributed by atoms with Crippen molar-refractivity contribution in [3.63, 3.8) is 0 Å². The molecule has 1 aliphatic heterocycles. The van der Waals surface area contributed by atoms with Crippen LogP contribution in [-0.2, 0) is 9.59 Å². The second kappa shape index (κ2) is 7.20. The Kier molecular flexibility index (Phi) is 4.93. The fourth-order valence-corrected chi connectivity index (χ4v) is 5.71. The van der Waals surface area contributed by atoms with Gasteiger partial charge in [0.2, 0.25) is 5.91 Å². The van der Waals surface area contributed by atoms with Crippen LogP contribution in [0.15, 0.2) is 0 Å². The van der Waals surface area contributed by atoms with Crippen molar-refractivity contribution in [3.05, 3.63) is 0 Å².